The molecule has 0 N–H and O–H groups in total. The quantitative estimate of drug-likeness (QED) is 0.551. The molecule has 160 valence electrons. The molecule has 0 saturated carbocycles. The van der Waals surface area contributed by atoms with Crippen LogP contribution in [0.3, 0.4) is 0 Å². The molecule has 6 nitrogen and oxygen atoms in total. The van der Waals surface area contributed by atoms with Gasteiger partial charge in [0.15, 0.2) is 0 Å². The molecule has 1 aromatic heterocycles. The first-order valence-electron chi connectivity index (χ1n) is 10.6. The van der Waals surface area contributed by atoms with E-state index in [0.29, 0.717) is 13.1 Å². The van der Waals surface area contributed by atoms with Gasteiger partial charge in [-0.25, -0.2) is 0 Å². The molecule has 1 amide bonds. The molecule has 1 aliphatic rings. The van der Waals surface area contributed by atoms with Crippen LogP contribution in [0.15, 0.2) is 73.1 Å². The molecule has 2 aromatic carbocycles. The van der Waals surface area contributed by atoms with Gasteiger partial charge in [0.1, 0.15) is 11.9 Å². The van der Waals surface area contributed by atoms with E-state index in [0.717, 1.165) is 30.1 Å². The monoisotopic (exact) mass is 416 g/mol. The molecule has 31 heavy (non-hydrogen) atoms. The molecule has 0 bridgehead atoms. The Morgan fingerprint density at radius 1 is 1.19 bits per heavy atom. The predicted octanol–water partition coefficient (Wildman–Crippen LogP) is 3.69. The molecular formula is C25H28N4O2. The van der Waals surface area contributed by atoms with Gasteiger partial charge in [-0.15, -0.1) is 0 Å². The molecule has 0 saturated heterocycles. The van der Waals surface area contributed by atoms with E-state index in [-0.39, 0.29) is 12.0 Å². The van der Waals surface area contributed by atoms with Crippen molar-refractivity contribution in [2.45, 2.75) is 19.6 Å². The predicted molar refractivity (Wildman–Crippen MR) is 123 cm³/mol. The third kappa shape index (κ3) is 5.15. The van der Waals surface area contributed by atoms with Crippen LogP contribution < -0.4 is 9.64 Å². The molecule has 0 aliphatic carbocycles. The van der Waals surface area contributed by atoms with Gasteiger partial charge >= 0.3 is 0 Å². The molecule has 0 fully saturated rings. The smallest absolute Gasteiger partial charge is 0.246 e. The van der Waals surface area contributed by atoms with Crippen molar-refractivity contribution in [1.29, 1.82) is 0 Å². The highest BCUT2D eigenvalue weighted by Crippen LogP contribution is 2.32. The highest BCUT2D eigenvalue weighted by molar-refractivity contribution is 5.91. The normalized spacial score (nSPS) is 15.5. The minimum absolute atomic E-state index is 0.0543. The topological polar surface area (TPSA) is 50.6 Å². The number of nitrogens with zero attached hydrogens (tertiary/aromatic N) is 4. The number of fused-ring (bicyclic) bond motifs is 1. The van der Waals surface area contributed by atoms with Gasteiger partial charge in [0.25, 0.3) is 0 Å². The number of ether oxygens (including phenoxy) is 1. The Kier molecular flexibility index (Phi) is 6.36. The summed E-state index contributed by atoms with van der Waals surface area (Å²) in [5.74, 6) is 0.823. The van der Waals surface area contributed by atoms with E-state index < -0.39 is 0 Å². The lowest BCUT2D eigenvalue weighted by atomic mass is 10.2. The molecule has 0 radical (unpaired) electrons. The Morgan fingerprint density at radius 2 is 1.97 bits per heavy atom. The average Bonchev–Trinajstić information content (AvgIpc) is 3.24. The maximum absolute atomic E-state index is 12.6. The largest absolute Gasteiger partial charge is 0.485 e. The number of carbonyl (C=O) groups is 1. The maximum Gasteiger partial charge on any atom is 0.246 e. The van der Waals surface area contributed by atoms with Crippen LogP contribution in [0, 0.1) is 0 Å². The van der Waals surface area contributed by atoms with Crippen LogP contribution in [-0.2, 0) is 11.3 Å². The Labute approximate surface area is 183 Å². The first kappa shape index (κ1) is 20.7. The van der Waals surface area contributed by atoms with Crippen molar-refractivity contribution in [1.82, 2.24) is 14.7 Å². The highest BCUT2D eigenvalue weighted by atomic mass is 16.5. The number of hydrogen-bond acceptors (Lipinski definition) is 4. The summed E-state index contributed by atoms with van der Waals surface area (Å²) < 4.78 is 8.01. The zero-order valence-corrected chi connectivity index (χ0v) is 18.0. The summed E-state index contributed by atoms with van der Waals surface area (Å²) in [6.07, 6.45) is 7.05. The summed E-state index contributed by atoms with van der Waals surface area (Å²) in [5.41, 5.74) is 3.20. The number of carbonyl (C=O) groups excluding carboxylic acids is 1. The first-order valence-corrected chi connectivity index (χ1v) is 10.6. The van der Waals surface area contributed by atoms with Gasteiger partial charge in [0.05, 0.1) is 31.5 Å². The van der Waals surface area contributed by atoms with Crippen molar-refractivity contribution in [2.24, 2.45) is 0 Å². The molecule has 6 heteroatoms. The maximum atomic E-state index is 12.6. The van der Waals surface area contributed by atoms with Gasteiger partial charge in [-0.2, -0.15) is 5.10 Å². The fourth-order valence-electron chi connectivity index (χ4n) is 3.79. The van der Waals surface area contributed by atoms with Crippen LogP contribution in [-0.4, -0.2) is 53.4 Å². The first-order chi connectivity index (χ1) is 15.1. The standard InChI is InChI=1S/C25H28N4O2/c1-3-28-19-22(31-24-12-8-7-11-23(24)28)18-27(2)25(30)14-13-21-15-26-29(17-21)16-20-9-5-4-6-10-20/h4-15,17,22H,3,16,18-19H2,1-2H3/b14-13+/t22-/m0/s1. The van der Waals surface area contributed by atoms with Gasteiger partial charge in [-0.05, 0) is 30.7 Å². The molecule has 4 rings (SSSR count). The van der Waals surface area contributed by atoms with Crippen LogP contribution in [0.2, 0.25) is 0 Å². The lowest BCUT2D eigenvalue weighted by molar-refractivity contribution is -0.125. The Morgan fingerprint density at radius 3 is 2.77 bits per heavy atom. The molecule has 0 unspecified atom stereocenters. The fourth-order valence-corrected chi connectivity index (χ4v) is 3.79. The van der Waals surface area contributed by atoms with Crippen LogP contribution in [0.4, 0.5) is 5.69 Å². The summed E-state index contributed by atoms with van der Waals surface area (Å²) in [5, 5.41) is 4.38. The summed E-state index contributed by atoms with van der Waals surface area (Å²) in [4.78, 5) is 16.6. The lowest BCUT2D eigenvalue weighted by Crippen LogP contribution is -2.46. The third-order valence-corrected chi connectivity index (χ3v) is 5.42. The number of hydrogen-bond donors (Lipinski definition) is 0. The molecule has 1 atom stereocenters. The van der Waals surface area contributed by atoms with Crippen molar-refractivity contribution in [3.63, 3.8) is 0 Å². The van der Waals surface area contributed by atoms with E-state index in [1.165, 1.54) is 5.56 Å². The minimum Gasteiger partial charge on any atom is -0.485 e. The van der Waals surface area contributed by atoms with E-state index in [2.05, 4.69) is 35.1 Å². The second kappa shape index (κ2) is 9.51. The minimum atomic E-state index is -0.0641. The summed E-state index contributed by atoms with van der Waals surface area (Å²) in [6, 6.07) is 18.2. The van der Waals surface area contributed by atoms with Crippen molar-refractivity contribution in [2.75, 3.05) is 31.6 Å². The zero-order chi connectivity index (χ0) is 21.6. The third-order valence-electron chi connectivity index (χ3n) is 5.42. The zero-order valence-electron chi connectivity index (χ0n) is 18.0. The van der Waals surface area contributed by atoms with Gasteiger partial charge in [-0.3, -0.25) is 9.48 Å². The number of para-hydroxylation sites is 2. The van der Waals surface area contributed by atoms with Gasteiger partial charge < -0.3 is 14.5 Å². The van der Waals surface area contributed by atoms with E-state index in [9.17, 15) is 4.79 Å². The molecule has 0 spiro atoms. The Bertz CT molecular complexity index is 1040. The average molecular weight is 417 g/mol. The fraction of sp³-hybridized carbons (Fsp3) is 0.280. The highest BCUT2D eigenvalue weighted by Gasteiger charge is 2.26. The van der Waals surface area contributed by atoms with Crippen LogP contribution in [0.1, 0.15) is 18.1 Å². The van der Waals surface area contributed by atoms with E-state index in [1.807, 2.05) is 60.4 Å². The lowest BCUT2D eigenvalue weighted by Gasteiger charge is -2.37. The summed E-state index contributed by atoms with van der Waals surface area (Å²) in [6.45, 7) is 5.04. The van der Waals surface area contributed by atoms with E-state index in [4.69, 9.17) is 4.74 Å². The van der Waals surface area contributed by atoms with Crippen molar-refractivity contribution in [3.8, 4) is 5.75 Å². The van der Waals surface area contributed by atoms with Crippen LogP contribution >= 0.6 is 0 Å². The van der Waals surface area contributed by atoms with Crippen LogP contribution in [0.25, 0.3) is 6.08 Å². The number of benzene rings is 2. The van der Waals surface area contributed by atoms with Crippen molar-refractivity contribution in [3.05, 3.63) is 84.2 Å². The molecular weight excluding hydrogens is 388 g/mol. The van der Waals surface area contributed by atoms with Crippen molar-refractivity contribution >= 4 is 17.7 Å². The second-order valence-corrected chi connectivity index (χ2v) is 7.76. The molecule has 3 aromatic rings. The SMILES string of the molecule is CCN1C[C@H](CN(C)C(=O)/C=C/c2cnn(Cc3ccccc3)c2)Oc2ccccc21. The number of rotatable bonds is 7. The number of aromatic nitrogens is 2. The van der Waals surface area contributed by atoms with E-state index >= 15 is 0 Å². The number of likely N-dealkylation sites (N-methyl/N-ethyl adjacent to an activating group) is 2. The van der Waals surface area contributed by atoms with Gasteiger partial charge in [0.2, 0.25) is 5.91 Å². The number of amides is 1. The molecule has 1 aliphatic heterocycles. The second-order valence-electron chi connectivity index (χ2n) is 7.76. The van der Waals surface area contributed by atoms with Crippen LogP contribution in [0.5, 0.6) is 5.75 Å². The van der Waals surface area contributed by atoms with Gasteiger partial charge in [0, 0.05) is 31.4 Å². The van der Waals surface area contributed by atoms with E-state index in [1.54, 1.807) is 17.2 Å². The summed E-state index contributed by atoms with van der Waals surface area (Å²) >= 11 is 0. The molecule has 2 heterocycles. The summed E-state index contributed by atoms with van der Waals surface area (Å²) in [7, 11) is 1.81. The van der Waals surface area contributed by atoms with Crippen molar-refractivity contribution < 1.29 is 9.53 Å². The Balaban J connectivity index is 1.33. The van der Waals surface area contributed by atoms with Gasteiger partial charge in [-0.1, -0.05) is 42.5 Å². The Hall–Kier alpha value is -3.54. The number of anilines is 1.